The molecule has 1 aliphatic rings. The largest absolute Gasteiger partial charge is 0.497 e. The summed E-state index contributed by atoms with van der Waals surface area (Å²) >= 11 is 5.37. The van der Waals surface area contributed by atoms with Crippen molar-refractivity contribution in [2.75, 3.05) is 19.0 Å². The first-order valence-electron chi connectivity index (χ1n) is 11.2. The standard InChI is InChI=1S/C24H28N6O3S/c1-33-19-9-7-17(8-10-19)23-27-28-24(34)30(23)13-11-21(31)26-18-5-2-4-16(14-18)15-29-12-3-6-20(29)22(25)32/h2,4-5,7-10,14,20H,3,6,11-13,15H2,1H3,(H2,25,32)(H,26,31)(H,28,34). The molecular formula is C24H28N6O3S. The van der Waals surface area contributed by atoms with Crippen molar-refractivity contribution in [3.63, 3.8) is 0 Å². The SMILES string of the molecule is COc1ccc(-c2n[nH]c(=S)n2CCC(=O)Nc2cccc(CN3CCCC3C(N)=O)c2)cc1. The molecule has 1 aromatic heterocycles. The van der Waals surface area contributed by atoms with Gasteiger partial charge in [-0.2, -0.15) is 5.10 Å². The predicted octanol–water partition coefficient (Wildman–Crippen LogP) is 3.09. The summed E-state index contributed by atoms with van der Waals surface area (Å²) in [6, 6.07) is 14.9. The third kappa shape index (κ3) is 5.52. The second-order valence-corrected chi connectivity index (χ2v) is 8.65. The number of nitrogens with one attached hydrogen (secondary N) is 2. The number of benzene rings is 2. The number of carbonyl (C=O) groups is 2. The Morgan fingerprint density at radius 1 is 1.26 bits per heavy atom. The molecule has 2 aromatic carbocycles. The van der Waals surface area contributed by atoms with Gasteiger partial charge < -0.3 is 15.8 Å². The monoisotopic (exact) mass is 480 g/mol. The molecule has 0 radical (unpaired) electrons. The number of hydrogen-bond donors (Lipinski definition) is 3. The molecule has 0 spiro atoms. The van der Waals surface area contributed by atoms with Crippen molar-refractivity contribution < 1.29 is 14.3 Å². The first kappa shape index (κ1) is 23.7. The Hall–Kier alpha value is -3.50. The molecule has 1 aliphatic heterocycles. The lowest BCUT2D eigenvalue weighted by atomic mass is 10.1. The van der Waals surface area contributed by atoms with Crippen LogP contribution in [0, 0.1) is 4.77 Å². The highest BCUT2D eigenvalue weighted by Crippen LogP contribution is 2.23. The van der Waals surface area contributed by atoms with Gasteiger partial charge in [0.05, 0.1) is 13.2 Å². The number of aromatic amines is 1. The van der Waals surface area contributed by atoms with E-state index >= 15 is 0 Å². The number of hydrogen-bond acceptors (Lipinski definition) is 6. The van der Waals surface area contributed by atoms with Crippen molar-refractivity contribution in [1.82, 2.24) is 19.7 Å². The summed E-state index contributed by atoms with van der Waals surface area (Å²) in [5, 5.41) is 10.1. The number of nitrogens with zero attached hydrogens (tertiary/aromatic N) is 3. The minimum Gasteiger partial charge on any atom is -0.497 e. The van der Waals surface area contributed by atoms with Crippen LogP contribution in [0.4, 0.5) is 5.69 Å². The van der Waals surface area contributed by atoms with E-state index in [0.717, 1.165) is 36.3 Å². The lowest BCUT2D eigenvalue weighted by molar-refractivity contribution is -0.122. The van der Waals surface area contributed by atoms with Crippen LogP contribution < -0.4 is 15.8 Å². The van der Waals surface area contributed by atoms with Crippen molar-refractivity contribution in [2.45, 2.75) is 38.4 Å². The lowest BCUT2D eigenvalue weighted by Crippen LogP contribution is -2.39. The fraction of sp³-hybridized carbons (Fsp3) is 0.333. The molecule has 1 fully saturated rings. The van der Waals surface area contributed by atoms with Crippen LogP contribution in [0.5, 0.6) is 5.75 Å². The van der Waals surface area contributed by atoms with Crippen molar-refractivity contribution in [2.24, 2.45) is 5.73 Å². The number of rotatable bonds is 9. The fourth-order valence-electron chi connectivity index (χ4n) is 4.24. The van der Waals surface area contributed by atoms with Crippen LogP contribution in [0.3, 0.4) is 0 Å². The maximum Gasteiger partial charge on any atom is 0.234 e. The summed E-state index contributed by atoms with van der Waals surface area (Å²) in [6.45, 7) is 1.84. The first-order valence-corrected chi connectivity index (χ1v) is 11.6. The zero-order valence-electron chi connectivity index (χ0n) is 19.0. The van der Waals surface area contributed by atoms with Gasteiger partial charge in [-0.15, -0.1) is 0 Å². The zero-order chi connectivity index (χ0) is 24.1. The number of methoxy groups -OCH3 is 1. The van der Waals surface area contributed by atoms with E-state index in [9.17, 15) is 9.59 Å². The summed E-state index contributed by atoms with van der Waals surface area (Å²) in [4.78, 5) is 26.4. The number of H-pyrrole nitrogens is 1. The minimum atomic E-state index is -0.283. The molecule has 4 rings (SSSR count). The van der Waals surface area contributed by atoms with Gasteiger partial charge in [-0.05, 0) is 73.6 Å². The summed E-state index contributed by atoms with van der Waals surface area (Å²) < 4.78 is 7.47. The Kier molecular flexibility index (Phi) is 7.39. The van der Waals surface area contributed by atoms with E-state index in [0.29, 0.717) is 29.4 Å². The van der Waals surface area contributed by atoms with Crippen molar-refractivity contribution >= 4 is 29.7 Å². The number of primary amides is 1. The Morgan fingerprint density at radius 2 is 2.06 bits per heavy atom. The molecule has 0 bridgehead atoms. The highest BCUT2D eigenvalue weighted by molar-refractivity contribution is 7.71. The highest BCUT2D eigenvalue weighted by atomic mass is 32.1. The molecule has 3 aromatic rings. The van der Waals surface area contributed by atoms with Gasteiger partial charge >= 0.3 is 0 Å². The molecule has 178 valence electrons. The molecule has 0 aliphatic carbocycles. The molecule has 2 heterocycles. The molecule has 10 heteroatoms. The second-order valence-electron chi connectivity index (χ2n) is 8.26. The molecule has 2 amide bonds. The predicted molar refractivity (Wildman–Crippen MR) is 132 cm³/mol. The first-order chi connectivity index (χ1) is 16.4. The van der Waals surface area contributed by atoms with E-state index in [4.69, 9.17) is 22.7 Å². The Balaban J connectivity index is 1.38. The van der Waals surface area contributed by atoms with Crippen LogP contribution in [0.2, 0.25) is 0 Å². The topological polar surface area (TPSA) is 118 Å². The molecule has 0 saturated carbocycles. The van der Waals surface area contributed by atoms with Crippen LogP contribution in [0.1, 0.15) is 24.8 Å². The summed E-state index contributed by atoms with van der Waals surface area (Å²) in [6.07, 6.45) is 1.98. The maximum atomic E-state index is 12.7. The average molecular weight is 481 g/mol. The minimum absolute atomic E-state index is 0.128. The summed E-state index contributed by atoms with van der Waals surface area (Å²) in [7, 11) is 1.61. The van der Waals surface area contributed by atoms with Crippen LogP contribution in [0.25, 0.3) is 11.4 Å². The second kappa shape index (κ2) is 10.6. The smallest absolute Gasteiger partial charge is 0.234 e. The third-order valence-electron chi connectivity index (χ3n) is 5.96. The number of nitrogens with two attached hydrogens (primary N) is 1. The van der Waals surface area contributed by atoms with Crippen molar-refractivity contribution in [3.05, 3.63) is 58.9 Å². The van der Waals surface area contributed by atoms with Crippen molar-refractivity contribution in [1.29, 1.82) is 0 Å². The highest BCUT2D eigenvalue weighted by Gasteiger charge is 2.28. The Morgan fingerprint density at radius 3 is 2.79 bits per heavy atom. The Labute approximate surface area is 202 Å². The number of ether oxygens (including phenoxy) is 1. The molecule has 1 atom stereocenters. The van der Waals surface area contributed by atoms with Gasteiger partial charge in [0, 0.05) is 30.8 Å². The molecule has 4 N–H and O–H groups in total. The normalized spacial score (nSPS) is 15.9. The van der Waals surface area contributed by atoms with E-state index in [1.165, 1.54) is 0 Å². The molecule has 34 heavy (non-hydrogen) atoms. The molecular weight excluding hydrogens is 452 g/mol. The van der Waals surface area contributed by atoms with Gasteiger partial charge in [0.15, 0.2) is 10.6 Å². The number of amides is 2. The van der Waals surface area contributed by atoms with Crippen molar-refractivity contribution in [3.8, 4) is 17.1 Å². The van der Waals surface area contributed by atoms with E-state index in [-0.39, 0.29) is 24.3 Å². The summed E-state index contributed by atoms with van der Waals surface area (Å²) in [5.74, 6) is 1.00. The van der Waals surface area contributed by atoms with E-state index < -0.39 is 0 Å². The summed E-state index contributed by atoms with van der Waals surface area (Å²) in [5.41, 5.74) is 8.13. The van der Waals surface area contributed by atoms with Gasteiger partial charge in [0.25, 0.3) is 0 Å². The van der Waals surface area contributed by atoms with E-state index in [2.05, 4.69) is 20.4 Å². The van der Waals surface area contributed by atoms with Crippen LogP contribution in [0.15, 0.2) is 48.5 Å². The number of anilines is 1. The number of aromatic nitrogens is 3. The number of likely N-dealkylation sites (tertiary alicyclic amines) is 1. The van der Waals surface area contributed by atoms with Crippen LogP contribution in [-0.2, 0) is 22.7 Å². The Bertz CT molecular complexity index is 1220. The van der Waals surface area contributed by atoms with E-state index in [1.807, 2.05) is 53.1 Å². The average Bonchev–Trinajstić information content (AvgIpc) is 3.44. The van der Waals surface area contributed by atoms with Gasteiger partial charge in [-0.1, -0.05) is 12.1 Å². The molecule has 9 nitrogen and oxygen atoms in total. The third-order valence-corrected chi connectivity index (χ3v) is 6.27. The van der Waals surface area contributed by atoms with Crippen LogP contribution >= 0.6 is 12.2 Å². The van der Waals surface area contributed by atoms with Gasteiger partial charge in [-0.3, -0.25) is 24.2 Å². The van der Waals surface area contributed by atoms with Gasteiger partial charge in [0.1, 0.15) is 5.75 Å². The quantitative estimate of drug-likeness (QED) is 0.405. The maximum absolute atomic E-state index is 12.7. The lowest BCUT2D eigenvalue weighted by Gasteiger charge is -2.22. The van der Waals surface area contributed by atoms with Gasteiger partial charge in [-0.25, -0.2) is 0 Å². The van der Waals surface area contributed by atoms with Crippen LogP contribution in [-0.4, -0.2) is 51.2 Å². The van der Waals surface area contributed by atoms with Gasteiger partial charge in [0.2, 0.25) is 11.8 Å². The van der Waals surface area contributed by atoms with E-state index in [1.54, 1.807) is 7.11 Å². The number of carbonyl (C=O) groups excluding carboxylic acids is 2. The molecule has 1 saturated heterocycles. The molecule has 1 unspecified atom stereocenters. The zero-order valence-corrected chi connectivity index (χ0v) is 19.8. The fourth-order valence-corrected chi connectivity index (χ4v) is 4.47.